The summed E-state index contributed by atoms with van der Waals surface area (Å²) in [6, 6.07) is 19.5. The number of allylic oxidation sites excluding steroid dienone is 14. The summed E-state index contributed by atoms with van der Waals surface area (Å²) < 4.78 is 0. The summed E-state index contributed by atoms with van der Waals surface area (Å²) in [4.78, 5) is 9.33. The van der Waals surface area contributed by atoms with Crippen molar-refractivity contribution in [3.05, 3.63) is 150 Å². The summed E-state index contributed by atoms with van der Waals surface area (Å²) in [5, 5.41) is 2.24. The molecule has 2 nitrogen and oxygen atoms in total. The molecular formula is C34H22N2. The average Bonchev–Trinajstić information content (AvgIpc) is 2.95. The van der Waals surface area contributed by atoms with Gasteiger partial charge in [-0.2, -0.15) is 0 Å². The van der Waals surface area contributed by atoms with E-state index in [1.54, 1.807) is 0 Å². The van der Waals surface area contributed by atoms with Crippen molar-refractivity contribution in [2.75, 3.05) is 0 Å². The molecule has 4 aromatic rings. The molecule has 2 aromatic carbocycles. The lowest BCUT2D eigenvalue weighted by Gasteiger charge is -2.41. The summed E-state index contributed by atoms with van der Waals surface area (Å²) >= 11 is 0. The van der Waals surface area contributed by atoms with Crippen LogP contribution in [0.15, 0.2) is 144 Å². The molecule has 36 heavy (non-hydrogen) atoms. The van der Waals surface area contributed by atoms with Crippen LogP contribution in [0.5, 0.6) is 0 Å². The summed E-state index contributed by atoms with van der Waals surface area (Å²) in [6.07, 6.45) is 24.3. The second kappa shape index (κ2) is 7.47. The molecule has 2 heterocycles. The van der Waals surface area contributed by atoms with Gasteiger partial charge < -0.3 is 0 Å². The molecule has 0 saturated carbocycles. The first kappa shape index (κ1) is 19.7. The third kappa shape index (κ3) is 2.79. The Balaban J connectivity index is 1.30. The molecule has 0 N–H and O–H groups in total. The minimum absolute atomic E-state index is 0.381. The zero-order valence-corrected chi connectivity index (χ0v) is 19.6. The Bertz CT molecular complexity index is 1840. The molecule has 0 fully saturated rings. The molecule has 0 aliphatic heterocycles. The van der Waals surface area contributed by atoms with Gasteiger partial charge in [-0.15, -0.1) is 0 Å². The summed E-state index contributed by atoms with van der Waals surface area (Å²) in [7, 11) is 0. The van der Waals surface area contributed by atoms with Gasteiger partial charge in [0.2, 0.25) is 0 Å². The minimum atomic E-state index is 0.381. The van der Waals surface area contributed by atoms with Crippen LogP contribution in [0, 0.1) is 11.8 Å². The largest absolute Gasteiger partial charge is 0.254 e. The highest BCUT2D eigenvalue weighted by molar-refractivity contribution is 6.10. The van der Waals surface area contributed by atoms with Crippen LogP contribution in [-0.2, 0) is 0 Å². The molecule has 8 rings (SSSR count). The van der Waals surface area contributed by atoms with Crippen LogP contribution in [0.2, 0.25) is 0 Å². The Morgan fingerprint density at radius 2 is 1.36 bits per heavy atom. The highest BCUT2D eigenvalue weighted by Gasteiger charge is 2.38. The number of rotatable bonds is 2. The molecular weight excluding hydrogens is 436 g/mol. The van der Waals surface area contributed by atoms with Gasteiger partial charge in [0.15, 0.2) is 0 Å². The molecule has 2 aromatic heterocycles. The first-order chi connectivity index (χ1) is 17.8. The van der Waals surface area contributed by atoms with E-state index in [9.17, 15) is 0 Å². The molecule has 0 amide bonds. The number of hydrogen-bond donors (Lipinski definition) is 0. The normalized spacial score (nSPS) is 21.4. The Labute approximate surface area is 209 Å². The summed E-state index contributed by atoms with van der Waals surface area (Å²) in [6.45, 7) is 0. The SMILES string of the molecule is C1=CC2=CC=C3C(c4cccc(-c5cc6cccnc6c6ncccc56)c4)=CC=C4C=CC(=C1)C2C43. The topological polar surface area (TPSA) is 25.8 Å². The second-order valence-electron chi connectivity index (χ2n) is 9.83. The van der Waals surface area contributed by atoms with Crippen molar-refractivity contribution in [3.63, 3.8) is 0 Å². The van der Waals surface area contributed by atoms with Gasteiger partial charge in [-0.25, -0.2) is 0 Å². The van der Waals surface area contributed by atoms with Crippen molar-refractivity contribution >= 4 is 27.4 Å². The molecule has 0 saturated heterocycles. The van der Waals surface area contributed by atoms with Crippen LogP contribution < -0.4 is 0 Å². The van der Waals surface area contributed by atoms with Crippen LogP contribution in [0.3, 0.4) is 0 Å². The van der Waals surface area contributed by atoms with E-state index in [0.717, 1.165) is 21.8 Å². The molecule has 2 heteroatoms. The predicted octanol–water partition coefficient (Wildman–Crippen LogP) is 7.94. The lowest BCUT2D eigenvalue weighted by molar-refractivity contribution is 0.567. The Hall–Kier alpha value is -4.56. The highest BCUT2D eigenvalue weighted by atomic mass is 14.7. The van der Waals surface area contributed by atoms with Gasteiger partial charge in [0.1, 0.15) is 0 Å². The molecule has 2 unspecified atom stereocenters. The Kier molecular flexibility index (Phi) is 4.09. The fourth-order valence-electron chi connectivity index (χ4n) is 6.34. The summed E-state index contributed by atoms with van der Waals surface area (Å²) in [5.74, 6) is 0.799. The predicted molar refractivity (Wildman–Crippen MR) is 148 cm³/mol. The lowest BCUT2D eigenvalue weighted by Crippen LogP contribution is -2.29. The quantitative estimate of drug-likeness (QED) is 0.285. The molecule has 168 valence electrons. The first-order valence-corrected chi connectivity index (χ1v) is 12.5. The number of fused-ring (bicyclic) bond motifs is 3. The van der Waals surface area contributed by atoms with Gasteiger partial charge in [0.25, 0.3) is 0 Å². The van der Waals surface area contributed by atoms with Crippen molar-refractivity contribution in [2.24, 2.45) is 11.8 Å². The van der Waals surface area contributed by atoms with E-state index in [1.807, 2.05) is 24.5 Å². The van der Waals surface area contributed by atoms with E-state index in [4.69, 9.17) is 4.98 Å². The average molecular weight is 459 g/mol. The van der Waals surface area contributed by atoms with E-state index in [0.29, 0.717) is 11.8 Å². The first-order valence-electron chi connectivity index (χ1n) is 12.5. The molecule has 2 atom stereocenters. The van der Waals surface area contributed by atoms with Crippen LogP contribution in [0.4, 0.5) is 0 Å². The monoisotopic (exact) mass is 458 g/mol. The summed E-state index contributed by atoms with van der Waals surface area (Å²) in [5.41, 5.74) is 12.5. The van der Waals surface area contributed by atoms with Gasteiger partial charge >= 0.3 is 0 Å². The smallest absolute Gasteiger partial charge is 0.0970 e. The fourth-order valence-corrected chi connectivity index (χ4v) is 6.34. The highest BCUT2D eigenvalue weighted by Crippen LogP contribution is 2.51. The maximum absolute atomic E-state index is 4.71. The van der Waals surface area contributed by atoms with Crippen LogP contribution in [-0.4, -0.2) is 9.97 Å². The number of benzene rings is 2. The number of aromatic nitrogens is 2. The molecule has 0 bridgehead atoms. The minimum Gasteiger partial charge on any atom is -0.254 e. The third-order valence-corrected chi connectivity index (χ3v) is 7.95. The van der Waals surface area contributed by atoms with Gasteiger partial charge in [0.05, 0.1) is 11.0 Å². The van der Waals surface area contributed by atoms with Crippen molar-refractivity contribution in [1.29, 1.82) is 0 Å². The third-order valence-electron chi connectivity index (χ3n) is 7.95. The fraction of sp³-hybridized carbons (Fsp3) is 0.0588. The van der Waals surface area contributed by atoms with E-state index in [1.165, 1.54) is 44.6 Å². The standard InChI is InChI=1S/C34H22N2/c1-5-21-11-12-23-13-15-27(28-16-14-22(6-1)31(21)32(23)28)24-7-2-8-25(19-24)30-20-26-9-3-17-35-33(26)34-29(30)10-4-18-36-34/h1-20,31-32H. The lowest BCUT2D eigenvalue weighted by atomic mass is 9.62. The van der Waals surface area contributed by atoms with E-state index in [-0.39, 0.29) is 0 Å². The number of nitrogens with zero attached hydrogens (tertiary/aromatic N) is 2. The van der Waals surface area contributed by atoms with Crippen LogP contribution >= 0.6 is 0 Å². The van der Waals surface area contributed by atoms with Crippen molar-refractivity contribution in [1.82, 2.24) is 9.97 Å². The number of hydrogen-bond acceptors (Lipinski definition) is 2. The van der Waals surface area contributed by atoms with Crippen LogP contribution in [0.1, 0.15) is 5.56 Å². The maximum atomic E-state index is 4.71. The Morgan fingerprint density at radius 3 is 2.31 bits per heavy atom. The molecule has 4 aliphatic rings. The van der Waals surface area contributed by atoms with Gasteiger partial charge in [0, 0.05) is 35.0 Å². The van der Waals surface area contributed by atoms with E-state index < -0.39 is 0 Å². The second-order valence-corrected chi connectivity index (χ2v) is 9.83. The zero-order valence-electron chi connectivity index (χ0n) is 19.6. The zero-order chi connectivity index (χ0) is 23.6. The van der Waals surface area contributed by atoms with Crippen molar-refractivity contribution in [3.8, 4) is 11.1 Å². The number of pyridine rings is 2. The molecule has 0 radical (unpaired) electrons. The van der Waals surface area contributed by atoms with Gasteiger partial charge in [-0.1, -0.05) is 85.0 Å². The van der Waals surface area contributed by atoms with Gasteiger partial charge in [-0.3, -0.25) is 9.97 Å². The van der Waals surface area contributed by atoms with Crippen molar-refractivity contribution in [2.45, 2.75) is 0 Å². The molecule has 0 spiro atoms. The maximum Gasteiger partial charge on any atom is 0.0970 e. The van der Waals surface area contributed by atoms with Crippen molar-refractivity contribution < 1.29 is 0 Å². The molecule has 4 aliphatic carbocycles. The van der Waals surface area contributed by atoms with Gasteiger partial charge in [-0.05, 0) is 68.8 Å². The van der Waals surface area contributed by atoms with E-state index in [2.05, 4.69) is 102 Å². The van der Waals surface area contributed by atoms with E-state index >= 15 is 0 Å². The Morgan fingerprint density at radius 1 is 0.583 bits per heavy atom. The van der Waals surface area contributed by atoms with Crippen LogP contribution in [0.25, 0.3) is 38.5 Å².